The van der Waals surface area contributed by atoms with Gasteiger partial charge < -0.3 is 5.11 Å². The van der Waals surface area contributed by atoms with Crippen LogP contribution in [-0.4, -0.2) is 15.3 Å². The van der Waals surface area contributed by atoms with Crippen molar-refractivity contribution in [1.82, 2.24) is 10.2 Å². The van der Waals surface area contributed by atoms with Gasteiger partial charge in [0.15, 0.2) is 0 Å². The second-order valence-electron chi connectivity index (χ2n) is 3.60. The van der Waals surface area contributed by atoms with E-state index in [-0.39, 0.29) is 5.75 Å². The highest BCUT2D eigenvalue weighted by molar-refractivity contribution is 5.85. The average molecular weight is 209 g/mol. The molecule has 0 amide bonds. The topological polar surface area (TPSA) is 48.9 Å². The molecule has 0 fully saturated rings. The minimum absolute atomic E-state index is 0.241. The van der Waals surface area contributed by atoms with Crippen molar-refractivity contribution in [1.29, 1.82) is 0 Å². The zero-order valence-corrected chi connectivity index (χ0v) is 8.44. The zero-order chi connectivity index (χ0) is 11.0. The summed E-state index contributed by atoms with van der Waals surface area (Å²) in [6.07, 6.45) is 1.76. The Balaban J connectivity index is 2.22. The van der Waals surface area contributed by atoms with Crippen molar-refractivity contribution in [3.05, 3.63) is 48.7 Å². The van der Waals surface area contributed by atoms with Crippen LogP contribution in [0.2, 0.25) is 0 Å². The average Bonchev–Trinajstić information content (AvgIpc) is 2.76. The summed E-state index contributed by atoms with van der Waals surface area (Å²) >= 11 is 0. The van der Waals surface area contributed by atoms with Crippen LogP contribution in [0, 0.1) is 6.07 Å². The molecule has 0 aliphatic carbocycles. The van der Waals surface area contributed by atoms with E-state index in [1.54, 1.807) is 24.4 Å². The van der Waals surface area contributed by atoms with Gasteiger partial charge in [0.1, 0.15) is 5.75 Å². The van der Waals surface area contributed by atoms with Crippen molar-refractivity contribution in [2.75, 3.05) is 0 Å². The monoisotopic (exact) mass is 209 g/mol. The van der Waals surface area contributed by atoms with Crippen LogP contribution in [0.1, 0.15) is 0 Å². The van der Waals surface area contributed by atoms with E-state index in [0.29, 0.717) is 5.56 Å². The Morgan fingerprint density at radius 2 is 2.19 bits per heavy atom. The maximum Gasteiger partial charge on any atom is 0.124 e. The number of phenolic OH excluding ortho intramolecular Hbond substituents is 1. The molecular formula is C13H9N2O. The molecule has 0 saturated heterocycles. The summed E-state index contributed by atoms with van der Waals surface area (Å²) in [6.45, 7) is 0. The van der Waals surface area contributed by atoms with E-state index in [9.17, 15) is 5.11 Å². The highest BCUT2D eigenvalue weighted by atomic mass is 16.3. The lowest BCUT2D eigenvalue weighted by atomic mass is 10.0. The van der Waals surface area contributed by atoms with Gasteiger partial charge in [0.05, 0.1) is 11.7 Å². The van der Waals surface area contributed by atoms with Crippen molar-refractivity contribution in [2.24, 2.45) is 0 Å². The number of benzene rings is 2. The normalized spacial score (nSPS) is 10.8. The molecule has 0 bridgehead atoms. The summed E-state index contributed by atoms with van der Waals surface area (Å²) in [4.78, 5) is 0. The number of rotatable bonds is 1. The largest absolute Gasteiger partial charge is 0.507 e. The van der Waals surface area contributed by atoms with Gasteiger partial charge in [0.25, 0.3) is 0 Å². The summed E-state index contributed by atoms with van der Waals surface area (Å²) in [5, 5.41) is 17.6. The smallest absolute Gasteiger partial charge is 0.124 e. The first-order valence-corrected chi connectivity index (χ1v) is 4.98. The van der Waals surface area contributed by atoms with E-state index < -0.39 is 0 Å². The molecule has 0 aliphatic rings. The molecule has 0 saturated carbocycles. The molecule has 0 unspecified atom stereocenters. The minimum Gasteiger partial charge on any atom is -0.507 e. The number of aromatic hydroxyl groups is 1. The number of hydrogen-bond acceptors (Lipinski definition) is 2. The fraction of sp³-hybridized carbons (Fsp3) is 0. The van der Waals surface area contributed by atoms with E-state index >= 15 is 0 Å². The molecule has 1 radical (unpaired) electrons. The molecule has 0 atom stereocenters. The van der Waals surface area contributed by atoms with Crippen molar-refractivity contribution in [3.8, 4) is 16.9 Å². The van der Waals surface area contributed by atoms with Gasteiger partial charge >= 0.3 is 0 Å². The number of hydrogen-bond donors (Lipinski definition) is 2. The van der Waals surface area contributed by atoms with Crippen LogP contribution in [0.25, 0.3) is 22.0 Å². The number of H-pyrrole nitrogens is 1. The van der Waals surface area contributed by atoms with Crippen molar-refractivity contribution >= 4 is 10.9 Å². The van der Waals surface area contributed by atoms with E-state index in [1.165, 1.54) is 0 Å². The molecule has 3 heteroatoms. The lowest BCUT2D eigenvalue weighted by molar-refractivity contribution is 0.477. The van der Waals surface area contributed by atoms with Gasteiger partial charge in [-0.2, -0.15) is 5.10 Å². The fourth-order valence-corrected chi connectivity index (χ4v) is 1.76. The number of aromatic amines is 1. The Hall–Kier alpha value is -2.29. The molecule has 3 rings (SSSR count). The molecule has 77 valence electrons. The molecule has 1 heterocycles. The predicted octanol–water partition coefficient (Wildman–Crippen LogP) is 2.74. The van der Waals surface area contributed by atoms with Crippen molar-refractivity contribution in [3.63, 3.8) is 0 Å². The van der Waals surface area contributed by atoms with Gasteiger partial charge in [-0.1, -0.05) is 18.2 Å². The Morgan fingerprint density at radius 3 is 3.06 bits per heavy atom. The number of nitrogens with one attached hydrogen (secondary N) is 1. The molecular weight excluding hydrogens is 200 g/mol. The summed E-state index contributed by atoms with van der Waals surface area (Å²) in [5.41, 5.74) is 2.64. The highest BCUT2D eigenvalue weighted by Gasteiger charge is 2.04. The minimum atomic E-state index is 0.241. The SMILES string of the molecule is Oc1ccc[c]c1-c1ccc2[nH]ncc2c1. The number of fused-ring (bicyclic) bond motifs is 1. The standard InChI is InChI=1S/C13H9N2O/c16-13-4-2-1-3-11(13)9-5-6-12-10(7-9)8-14-15-12/h1-2,4-8,16H,(H,14,15). The van der Waals surface area contributed by atoms with Crippen LogP contribution in [0.5, 0.6) is 5.75 Å². The summed E-state index contributed by atoms with van der Waals surface area (Å²) in [7, 11) is 0. The molecule has 2 N–H and O–H groups in total. The Labute approximate surface area is 92.4 Å². The van der Waals surface area contributed by atoms with Gasteiger partial charge in [0.2, 0.25) is 0 Å². The van der Waals surface area contributed by atoms with E-state index in [2.05, 4.69) is 16.3 Å². The molecule has 3 aromatic rings. The van der Waals surface area contributed by atoms with Gasteiger partial charge in [0, 0.05) is 10.9 Å². The number of nitrogens with zero attached hydrogens (tertiary/aromatic N) is 1. The third-order valence-electron chi connectivity index (χ3n) is 2.56. The summed E-state index contributed by atoms with van der Waals surface area (Å²) < 4.78 is 0. The summed E-state index contributed by atoms with van der Waals surface area (Å²) in [6, 6.07) is 14.1. The van der Waals surface area contributed by atoms with Gasteiger partial charge in [-0.25, -0.2) is 0 Å². The zero-order valence-electron chi connectivity index (χ0n) is 8.44. The van der Waals surface area contributed by atoms with Gasteiger partial charge in [-0.3, -0.25) is 5.10 Å². The molecule has 0 spiro atoms. The van der Waals surface area contributed by atoms with Crippen molar-refractivity contribution < 1.29 is 5.11 Å². The maximum absolute atomic E-state index is 9.73. The third kappa shape index (κ3) is 1.34. The van der Waals surface area contributed by atoms with Crippen LogP contribution in [-0.2, 0) is 0 Å². The van der Waals surface area contributed by atoms with Crippen LogP contribution >= 0.6 is 0 Å². The predicted molar refractivity (Wildman–Crippen MR) is 62.0 cm³/mol. The molecule has 2 aromatic carbocycles. The molecule has 1 aromatic heterocycles. The Kier molecular flexibility index (Phi) is 1.90. The van der Waals surface area contributed by atoms with Crippen molar-refractivity contribution in [2.45, 2.75) is 0 Å². The first kappa shape index (κ1) is 8.97. The van der Waals surface area contributed by atoms with Crippen LogP contribution < -0.4 is 0 Å². The van der Waals surface area contributed by atoms with Crippen LogP contribution in [0.15, 0.2) is 42.6 Å². The van der Waals surface area contributed by atoms with E-state index in [0.717, 1.165) is 16.5 Å². The maximum atomic E-state index is 9.73. The fourth-order valence-electron chi connectivity index (χ4n) is 1.76. The van der Waals surface area contributed by atoms with Crippen LogP contribution in [0.3, 0.4) is 0 Å². The first-order valence-electron chi connectivity index (χ1n) is 4.98. The second-order valence-corrected chi connectivity index (χ2v) is 3.60. The lowest BCUT2D eigenvalue weighted by Gasteiger charge is -2.03. The lowest BCUT2D eigenvalue weighted by Crippen LogP contribution is -1.79. The van der Waals surface area contributed by atoms with Gasteiger partial charge in [-0.15, -0.1) is 0 Å². The van der Waals surface area contributed by atoms with E-state index in [4.69, 9.17) is 0 Å². The Morgan fingerprint density at radius 1 is 1.25 bits per heavy atom. The van der Waals surface area contributed by atoms with E-state index in [1.807, 2.05) is 18.2 Å². The quantitative estimate of drug-likeness (QED) is 0.647. The second kappa shape index (κ2) is 3.38. The van der Waals surface area contributed by atoms with Crippen LogP contribution in [0.4, 0.5) is 0 Å². The molecule has 0 aliphatic heterocycles. The third-order valence-corrected chi connectivity index (χ3v) is 2.56. The highest BCUT2D eigenvalue weighted by Crippen LogP contribution is 2.29. The molecule has 16 heavy (non-hydrogen) atoms. The Bertz CT molecular complexity index is 643. The first-order chi connectivity index (χ1) is 7.84. The summed E-state index contributed by atoms with van der Waals surface area (Å²) in [5.74, 6) is 0.241. The number of aromatic nitrogens is 2. The number of phenols is 1. The molecule has 3 nitrogen and oxygen atoms in total. The van der Waals surface area contributed by atoms with Gasteiger partial charge in [-0.05, 0) is 29.8 Å².